The molecule has 1 amide bonds. The van der Waals surface area contributed by atoms with Crippen molar-refractivity contribution in [2.75, 3.05) is 5.33 Å². The summed E-state index contributed by atoms with van der Waals surface area (Å²) in [6, 6.07) is 0. The third-order valence-corrected chi connectivity index (χ3v) is 2.44. The Balaban J connectivity index is 2.16. The molecular weight excluding hydrogens is 260 g/mol. The van der Waals surface area contributed by atoms with Gasteiger partial charge in [-0.1, -0.05) is 15.9 Å². The van der Waals surface area contributed by atoms with Crippen LogP contribution in [0.4, 0.5) is 0 Å². The Morgan fingerprint density at radius 1 is 1.60 bits per heavy atom. The molecule has 0 fully saturated rings. The molecule has 0 spiro atoms. The maximum absolute atomic E-state index is 11.3. The van der Waals surface area contributed by atoms with Gasteiger partial charge in [0.25, 0.3) is 0 Å². The molecule has 0 atom stereocenters. The van der Waals surface area contributed by atoms with E-state index in [9.17, 15) is 4.79 Å². The van der Waals surface area contributed by atoms with Gasteiger partial charge in [0.05, 0.1) is 6.54 Å². The van der Waals surface area contributed by atoms with Crippen LogP contribution in [0.5, 0.6) is 0 Å². The minimum atomic E-state index is 0.0587. The van der Waals surface area contributed by atoms with Crippen LogP contribution in [0.2, 0.25) is 0 Å². The van der Waals surface area contributed by atoms with E-state index in [-0.39, 0.29) is 5.91 Å². The fourth-order valence-electron chi connectivity index (χ4n) is 1.11. The van der Waals surface area contributed by atoms with Gasteiger partial charge in [0, 0.05) is 18.8 Å². The van der Waals surface area contributed by atoms with Crippen molar-refractivity contribution in [3.05, 3.63) is 12.2 Å². The first-order valence-electron chi connectivity index (χ1n) is 4.89. The van der Waals surface area contributed by atoms with Crippen LogP contribution < -0.4 is 5.32 Å². The molecule has 0 aromatic carbocycles. The highest BCUT2D eigenvalue weighted by Crippen LogP contribution is 1.98. The molecule has 0 saturated carbocycles. The number of aryl methyl sites for hydroxylation is 1. The van der Waals surface area contributed by atoms with E-state index in [1.807, 2.05) is 0 Å². The molecule has 0 unspecified atom stereocenters. The maximum Gasteiger partial charge on any atom is 0.220 e. The summed E-state index contributed by atoms with van der Waals surface area (Å²) in [6.07, 6.45) is 4.12. The zero-order valence-corrected chi connectivity index (χ0v) is 10.3. The van der Waals surface area contributed by atoms with Crippen molar-refractivity contribution >= 4 is 21.8 Å². The third kappa shape index (κ3) is 4.92. The quantitative estimate of drug-likeness (QED) is 0.622. The van der Waals surface area contributed by atoms with Crippen LogP contribution in [-0.4, -0.2) is 26.0 Å². The lowest BCUT2D eigenvalue weighted by atomic mass is 10.2. The summed E-state index contributed by atoms with van der Waals surface area (Å²) < 4.78 is 1.62. The number of carbonyl (C=O) groups excluding carboxylic acids is 1. The van der Waals surface area contributed by atoms with Crippen molar-refractivity contribution in [1.82, 2.24) is 20.1 Å². The number of rotatable bonds is 6. The van der Waals surface area contributed by atoms with Gasteiger partial charge in [-0.05, 0) is 12.8 Å². The van der Waals surface area contributed by atoms with Crippen LogP contribution in [-0.2, 0) is 18.4 Å². The second-order valence-electron chi connectivity index (χ2n) is 3.26. The predicted molar refractivity (Wildman–Crippen MR) is 60.5 cm³/mol. The predicted octanol–water partition coefficient (Wildman–Crippen LogP) is 0.996. The van der Waals surface area contributed by atoms with Crippen LogP contribution in [0.3, 0.4) is 0 Å². The van der Waals surface area contributed by atoms with Gasteiger partial charge in [-0.2, -0.15) is 5.10 Å². The molecule has 5 nitrogen and oxygen atoms in total. The van der Waals surface area contributed by atoms with Crippen molar-refractivity contribution in [2.45, 2.75) is 25.8 Å². The molecule has 1 rings (SSSR count). The summed E-state index contributed by atoms with van der Waals surface area (Å²) in [7, 11) is 1.80. The molecule has 6 heteroatoms. The van der Waals surface area contributed by atoms with E-state index >= 15 is 0 Å². The van der Waals surface area contributed by atoms with Crippen molar-refractivity contribution in [2.24, 2.45) is 7.05 Å². The molecule has 0 bridgehead atoms. The topological polar surface area (TPSA) is 59.8 Å². The highest BCUT2D eigenvalue weighted by atomic mass is 79.9. The first kappa shape index (κ1) is 12.2. The van der Waals surface area contributed by atoms with E-state index in [1.54, 1.807) is 18.1 Å². The molecule has 1 aromatic rings. The minimum Gasteiger partial charge on any atom is -0.349 e. The molecule has 0 aliphatic carbocycles. The Hall–Kier alpha value is -0.910. The normalized spacial score (nSPS) is 10.3. The smallest absolute Gasteiger partial charge is 0.220 e. The van der Waals surface area contributed by atoms with Gasteiger partial charge in [0.15, 0.2) is 5.82 Å². The summed E-state index contributed by atoms with van der Waals surface area (Å²) in [5, 5.41) is 7.79. The highest BCUT2D eigenvalue weighted by Gasteiger charge is 2.03. The van der Waals surface area contributed by atoms with Gasteiger partial charge >= 0.3 is 0 Å². The summed E-state index contributed by atoms with van der Waals surface area (Å²) in [5.41, 5.74) is 0. The summed E-state index contributed by atoms with van der Waals surface area (Å²) in [4.78, 5) is 15.3. The molecule has 0 radical (unpaired) electrons. The summed E-state index contributed by atoms with van der Waals surface area (Å²) >= 11 is 3.32. The molecular formula is C9H15BrN4O. The van der Waals surface area contributed by atoms with E-state index in [4.69, 9.17) is 0 Å². The fourth-order valence-corrected chi connectivity index (χ4v) is 1.51. The number of carbonyl (C=O) groups is 1. The van der Waals surface area contributed by atoms with Gasteiger partial charge < -0.3 is 5.32 Å². The van der Waals surface area contributed by atoms with Crippen molar-refractivity contribution in [3.8, 4) is 0 Å². The number of unbranched alkanes of at least 4 members (excludes halogenated alkanes) is 1. The van der Waals surface area contributed by atoms with Gasteiger partial charge in [0.2, 0.25) is 5.91 Å². The molecule has 0 aliphatic rings. The van der Waals surface area contributed by atoms with Crippen LogP contribution in [0, 0.1) is 0 Å². The van der Waals surface area contributed by atoms with E-state index in [0.29, 0.717) is 18.8 Å². The highest BCUT2D eigenvalue weighted by molar-refractivity contribution is 9.09. The summed E-state index contributed by atoms with van der Waals surface area (Å²) in [5.74, 6) is 0.703. The maximum atomic E-state index is 11.3. The number of alkyl halides is 1. The number of halogens is 1. The van der Waals surface area contributed by atoms with E-state index in [0.717, 1.165) is 18.2 Å². The Bertz CT molecular complexity index is 313. The van der Waals surface area contributed by atoms with Gasteiger partial charge in [0.1, 0.15) is 6.33 Å². The lowest BCUT2D eigenvalue weighted by molar-refractivity contribution is -0.121. The minimum absolute atomic E-state index is 0.0587. The largest absolute Gasteiger partial charge is 0.349 e. The average molecular weight is 275 g/mol. The van der Waals surface area contributed by atoms with E-state index < -0.39 is 0 Å². The number of nitrogens with one attached hydrogen (secondary N) is 1. The van der Waals surface area contributed by atoms with Crippen LogP contribution >= 0.6 is 15.9 Å². The Morgan fingerprint density at radius 2 is 2.40 bits per heavy atom. The number of hydrogen-bond donors (Lipinski definition) is 1. The molecule has 1 aromatic heterocycles. The average Bonchev–Trinajstić information content (AvgIpc) is 2.62. The third-order valence-electron chi connectivity index (χ3n) is 1.88. The Labute approximate surface area is 97.4 Å². The number of amides is 1. The molecule has 0 aliphatic heterocycles. The van der Waals surface area contributed by atoms with Crippen molar-refractivity contribution in [1.29, 1.82) is 0 Å². The second-order valence-corrected chi connectivity index (χ2v) is 4.05. The zero-order valence-electron chi connectivity index (χ0n) is 8.74. The van der Waals surface area contributed by atoms with Crippen molar-refractivity contribution in [3.63, 3.8) is 0 Å². The fraction of sp³-hybridized carbons (Fsp3) is 0.667. The first-order valence-corrected chi connectivity index (χ1v) is 6.01. The lowest BCUT2D eigenvalue weighted by Crippen LogP contribution is -2.23. The van der Waals surface area contributed by atoms with Crippen LogP contribution in [0.25, 0.3) is 0 Å². The van der Waals surface area contributed by atoms with Crippen LogP contribution in [0.15, 0.2) is 6.33 Å². The molecule has 84 valence electrons. The SMILES string of the molecule is Cn1cnc(CNC(=O)CCCCBr)n1. The summed E-state index contributed by atoms with van der Waals surface area (Å²) in [6.45, 7) is 0.411. The van der Waals surface area contributed by atoms with Crippen molar-refractivity contribution < 1.29 is 4.79 Å². The molecule has 15 heavy (non-hydrogen) atoms. The van der Waals surface area contributed by atoms with E-state index in [2.05, 4.69) is 31.3 Å². The molecule has 1 N–H and O–H groups in total. The number of nitrogens with zero attached hydrogens (tertiary/aromatic N) is 3. The monoisotopic (exact) mass is 274 g/mol. The Morgan fingerprint density at radius 3 is 3.00 bits per heavy atom. The van der Waals surface area contributed by atoms with Gasteiger partial charge in [-0.3, -0.25) is 9.48 Å². The van der Waals surface area contributed by atoms with Gasteiger partial charge in [-0.15, -0.1) is 0 Å². The zero-order chi connectivity index (χ0) is 11.1. The first-order chi connectivity index (χ1) is 7.22. The number of hydrogen-bond acceptors (Lipinski definition) is 3. The van der Waals surface area contributed by atoms with Gasteiger partial charge in [-0.25, -0.2) is 4.98 Å². The van der Waals surface area contributed by atoms with E-state index in [1.165, 1.54) is 0 Å². The molecule has 1 heterocycles. The molecule has 0 saturated heterocycles. The second kappa shape index (κ2) is 6.55. The standard InChI is InChI=1S/C9H15BrN4O/c1-14-7-12-8(13-14)6-11-9(15)4-2-3-5-10/h7H,2-6H2,1H3,(H,11,15). The Kier molecular flexibility index (Phi) is 5.31. The lowest BCUT2D eigenvalue weighted by Gasteiger charge is -2.01. The number of aromatic nitrogens is 3. The van der Waals surface area contributed by atoms with Crippen LogP contribution in [0.1, 0.15) is 25.1 Å².